The molecule has 0 atom stereocenters. The maximum Gasteiger partial charge on any atom is 0.0788 e. The van der Waals surface area contributed by atoms with Crippen LogP contribution in [0.3, 0.4) is 0 Å². The maximum atomic E-state index is 4.79. The third kappa shape index (κ3) is 9.56. The highest BCUT2D eigenvalue weighted by atomic mass is 15.1. The molecule has 0 unspecified atom stereocenters. The van der Waals surface area contributed by atoms with E-state index in [1.165, 1.54) is 76.1 Å². The Morgan fingerprint density at radius 2 is 0.602 bits per heavy atom. The zero-order chi connectivity index (χ0) is 68.2. The molecule has 6 nitrogen and oxygen atoms in total. The van der Waals surface area contributed by atoms with Crippen LogP contribution in [0, 0.1) is 0 Å². The Balaban J connectivity index is 0.808. The summed E-state index contributed by atoms with van der Waals surface area (Å²) < 4.78 is 12.3. The quantitative estimate of drug-likeness (QED) is 0.115. The first kappa shape index (κ1) is 59.4. The van der Waals surface area contributed by atoms with Crippen LogP contribution >= 0.6 is 0 Å². The van der Waals surface area contributed by atoms with Crippen molar-refractivity contribution >= 4 is 126 Å². The molecule has 20 aromatic rings. The van der Waals surface area contributed by atoms with Gasteiger partial charge in [-0.1, -0.05) is 231 Å². The Hall–Kier alpha value is -13.7. The highest BCUT2D eigenvalue weighted by Crippen LogP contribution is 2.47. The second-order valence-electron chi connectivity index (χ2n) is 26.9. The number of aromatic nitrogens is 5. The molecule has 20 rings (SSSR count). The Bertz CT molecular complexity index is 6910. The van der Waals surface area contributed by atoms with Gasteiger partial charge in [0, 0.05) is 99.2 Å². The van der Waals surface area contributed by atoms with Gasteiger partial charge >= 0.3 is 0 Å². The topological polar surface area (TPSA) is 36.7 Å². The van der Waals surface area contributed by atoms with Gasteiger partial charge in [0.25, 0.3) is 0 Å². The van der Waals surface area contributed by atoms with Crippen molar-refractivity contribution in [1.29, 1.82) is 0 Å². The van der Waals surface area contributed by atoms with Crippen LogP contribution in [0.5, 0.6) is 0 Å². The molecular weight excluding hydrogens is 1250 g/mol. The molecule has 0 bridgehead atoms. The third-order valence-corrected chi connectivity index (χ3v) is 21.0. The molecule has 0 aliphatic carbocycles. The summed E-state index contributed by atoms with van der Waals surface area (Å²) in [5, 5.41) is 15.8. The normalized spacial score (nSPS) is 12.1. The van der Waals surface area contributed by atoms with E-state index in [9.17, 15) is 0 Å². The standard InChI is InChI=1S/C97H66N6/c1-3-4-8-28-63(2)94-86(98-70-32-9-5-10-33-70)54-53-81-76-41-15-23-49-90(76)102(95(81)94)74-39-26-30-65(59-74)68-55-67(64-29-25-38-73(58-64)100-88-47-21-19-45-80(88)85-61-92-84(62-93(85)100)79-44-18-20-46-87(79)99(92)71-34-11-6-12-35-71)56-69(57-68)66-31-27-40-75(60-66)103-91-50-24-17-43-78(91)83-52-51-82-77-42-16-22-48-89(77)101(96(82)97(83)103)72-36-13-7-14-37-72/h3-62,98H,2H2,1H3/b4-3-,28-8-. The molecule has 5 heterocycles. The van der Waals surface area contributed by atoms with Crippen LogP contribution in [0.15, 0.2) is 371 Å². The maximum absolute atomic E-state index is 4.79. The van der Waals surface area contributed by atoms with Crippen LogP contribution < -0.4 is 5.32 Å². The van der Waals surface area contributed by atoms with Crippen molar-refractivity contribution in [2.75, 3.05) is 5.32 Å². The molecule has 484 valence electrons. The van der Waals surface area contributed by atoms with Crippen LogP contribution in [-0.2, 0) is 0 Å². The average molecular weight is 1320 g/mol. The van der Waals surface area contributed by atoms with E-state index in [0.717, 1.165) is 117 Å². The number of anilines is 2. The Labute approximate surface area is 595 Å². The van der Waals surface area contributed by atoms with Crippen LogP contribution in [0.1, 0.15) is 12.5 Å². The molecule has 0 aliphatic heterocycles. The fraction of sp³-hybridized carbons (Fsp3) is 0.0103. The summed E-state index contributed by atoms with van der Waals surface area (Å²) >= 11 is 0. The van der Waals surface area contributed by atoms with Gasteiger partial charge in [0.1, 0.15) is 0 Å². The van der Waals surface area contributed by atoms with Crippen LogP contribution in [0.4, 0.5) is 11.4 Å². The molecule has 1 N–H and O–H groups in total. The number of nitrogens with zero attached hydrogens (tertiary/aromatic N) is 5. The van der Waals surface area contributed by atoms with E-state index in [1.54, 1.807) is 0 Å². The van der Waals surface area contributed by atoms with E-state index < -0.39 is 0 Å². The van der Waals surface area contributed by atoms with Crippen LogP contribution in [0.2, 0.25) is 0 Å². The Morgan fingerprint density at radius 3 is 1.06 bits per heavy atom. The number of hydrogen-bond acceptors (Lipinski definition) is 1. The summed E-state index contributed by atoms with van der Waals surface area (Å²) in [6.45, 7) is 6.84. The summed E-state index contributed by atoms with van der Waals surface area (Å²) in [4.78, 5) is 0. The van der Waals surface area contributed by atoms with Crippen molar-refractivity contribution < 1.29 is 0 Å². The highest BCUT2D eigenvalue weighted by Gasteiger charge is 2.25. The molecule has 0 fully saturated rings. The summed E-state index contributed by atoms with van der Waals surface area (Å²) in [6, 6.07) is 125. The van der Waals surface area contributed by atoms with Crippen molar-refractivity contribution in [1.82, 2.24) is 22.8 Å². The number of fused-ring (bicyclic) bond motifs is 16. The van der Waals surface area contributed by atoms with E-state index >= 15 is 0 Å². The first-order chi connectivity index (χ1) is 51.0. The lowest BCUT2D eigenvalue weighted by atomic mass is 9.92. The summed E-state index contributed by atoms with van der Waals surface area (Å²) in [6.07, 6.45) is 8.32. The predicted molar refractivity (Wildman–Crippen MR) is 437 cm³/mol. The average Bonchev–Trinajstić information content (AvgIpc) is 1.56. The summed E-state index contributed by atoms with van der Waals surface area (Å²) in [5.74, 6) is 0. The summed E-state index contributed by atoms with van der Waals surface area (Å²) in [7, 11) is 0. The van der Waals surface area contributed by atoms with Crippen molar-refractivity contribution in [3.63, 3.8) is 0 Å². The van der Waals surface area contributed by atoms with Gasteiger partial charge < -0.3 is 28.2 Å². The molecule has 5 aromatic heterocycles. The monoisotopic (exact) mass is 1310 g/mol. The fourth-order valence-electron chi connectivity index (χ4n) is 16.6. The van der Waals surface area contributed by atoms with Crippen LogP contribution in [0.25, 0.3) is 176 Å². The van der Waals surface area contributed by atoms with E-state index in [1.807, 2.05) is 6.92 Å². The number of benzene rings is 15. The van der Waals surface area contributed by atoms with E-state index in [4.69, 9.17) is 6.58 Å². The molecule has 0 saturated carbocycles. The summed E-state index contributed by atoms with van der Waals surface area (Å²) in [5.41, 5.74) is 27.5. The van der Waals surface area contributed by atoms with Crippen molar-refractivity contribution in [3.05, 3.63) is 376 Å². The minimum absolute atomic E-state index is 0.901. The lowest BCUT2D eigenvalue weighted by Crippen LogP contribution is -2.01. The minimum Gasteiger partial charge on any atom is -0.355 e. The van der Waals surface area contributed by atoms with Gasteiger partial charge in [-0.2, -0.15) is 0 Å². The molecule has 6 heteroatoms. The molecule has 0 radical (unpaired) electrons. The predicted octanol–water partition coefficient (Wildman–Crippen LogP) is 26.1. The first-order valence-electron chi connectivity index (χ1n) is 35.4. The lowest BCUT2D eigenvalue weighted by Gasteiger charge is -2.18. The van der Waals surface area contributed by atoms with Gasteiger partial charge in [0.15, 0.2) is 0 Å². The largest absolute Gasteiger partial charge is 0.355 e. The molecule has 0 aliphatic rings. The van der Waals surface area contributed by atoms with Gasteiger partial charge in [-0.25, -0.2) is 0 Å². The Kier molecular flexibility index (Phi) is 13.9. The van der Waals surface area contributed by atoms with Gasteiger partial charge in [-0.3, -0.25) is 0 Å². The molecule has 0 amide bonds. The van der Waals surface area contributed by atoms with Crippen LogP contribution in [-0.4, -0.2) is 22.8 Å². The number of hydrogen-bond donors (Lipinski definition) is 1. The number of nitrogens with one attached hydrogen (secondary N) is 1. The van der Waals surface area contributed by atoms with Gasteiger partial charge in [-0.15, -0.1) is 0 Å². The van der Waals surface area contributed by atoms with Gasteiger partial charge in [0.2, 0.25) is 0 Å². The zero-order valence-corrected chi connectivity index (χ0v) is 56.6. The molecule has 15 aromatic carbocycles. The molecule has 103 heavy (non-hydrogen) atoms. The van der Waals surface area contributed by atoms with Gasteiger partial charge in [-0.05, 0) is 185 Å². The molecular formula is C97H66N6. The molecule has 0 saturated heterocycles. The minimum atomic E-state index is 0.901. The zero-order valence-electron chi connectivity index (χ0n) is 56.6. The SMILES string of the molecule is C=C(/C=C\C=C/C)c1c(Nc2ccccc2)ccc2c3ccccc3n(-c3cccc(-c4cc(-c5cccc(-n6c7ccccc7c7cc8c(cc76)c6ccccc6n8-c6ccccc6)c5)cc(-c5cccc(-n6c7ccccc7c7ccc8c9ccccc9n(-c9ccccc9)c8c76)c5)c4)c3)c12. The van der Waals surface area contributed by atoms with Crippen molar-refractivity contribution in [2.24, 2.45) is 0 Å². The second-order valence-corrected chi connectivity index (χ2v) is 26.9. The fourth-order valence-corrected chi connectivity index (χ4v) is 16.6. The smallest absolute Gasteiger partial charge is 0.0788 e. The second kappa shape index (κ2) is 24.1. The first-order valence-corrected chi connectivity index (χ1v) is 35.4. The van der Waals surface area contributed by atoms with Crippen molar-refractivity contribution in [2.45, 2.75) is 6.92 Å². The number of rotatable bonds is 13. The number of para-hydroxylation sites is 8. The van der Waals surface area contributed by atoms with Gasteiger partial charge in [0.05, 0.1) is 55.2 Å². The van der Waals surface area contributed by atoms with E-state index in [0.29, 0.717) is 0 Å². The highest BCUT2D eigenvalue weighted by molar-refractivity contribution is 6.24. The molecule has 0 spiro atoms. The van der Waals surface area contributed by atoms with Crippen molar-refractivity contribution in [3.8, 4) is 61.8 Å². The van der Waals surface area contributed by atoms with E-state index in [-0.39, 0.29) is 0 Å². The third-order valence-electron chi connectivity index (χ3n) is 21.0. The lowest BCUT2D eigenvalue weighted by molar-refractivity contribution is 1.15. The van der Waals surface area contributed by atoms with E-state index in [2.05, 4.69) is 392 Å². The Morgan fingerprint density at radius 1 is 0.262 bits per heavy atom. The number of allylic oxidation sites excluding steroid dienone is 5.